The van der Waals surface area contributed by atoms with E-state index in [1.54, 1.807) is 0 Å². The van der Waals surface area contributed by atoms with Crippen LogP contribution in [0.3, 0.4) is 0 Å². The number of nitrogens with one attached hydrogen (secondary N) is 1. The largest absolute Gasteiger partial charge is 0.490 e. The number of hydrogen-bond acceptors (Lipinski definition) is 4. The lowest BCUT2D eigenvalue weighted by Gasteiger charge is -2.34. The zero-order chi connectivity index (χ0) is 21.4. The van der Waals surface area contributed by atoms with Crippen LogP contribution in [0.5, 0.6) is 5.75 Å². The second-order valence-electron chi connectivity index (χ2n) is 9.99. The van der Waals surface area contributed by atoms with Gasteiger partial charge in [-0.3, -0.25) is 4.79 Å². The summed E-state index contributed by atoms with van der Waals surface area (Å²) in [5.74, 6) is 2.80. The van der Waals surface area contributed by atoms with Gasteiger partial charge in [0.1, 0.15) is 11.6 Å². The summed E-state index contributed by atoms with van der Waals surface area (Å²) in [6.45, 7) is 2.29. The van der Waals surface area contributed by atoms with Crippen LogP contribution in [-0.4, -0.2) is 28.2 Å². The Bertz CT molecular complexity index is 923. The van der Waals surface area contributed by atoms with Crippen molar-refractivity contribution in [3.05, 3.63) is 30.3 Å². The number of carboxylic acid groups (broad SMARTS) is 1. The van der Waals surface area contributed by atoms with E-state index >= 15 is 0 Å². The quantitative estimate of drug-likeness (QED) is 0.608. The number of nitrogens with zero attached hydrogens (tertiary/aromatic N) is 1. The lowest BCUT2D eigenvalue weighted by Crippen LogP contribution is -2.39. The molecule has 3 aliphatic carbocycles. The Balaban J connectivity index is 1.24. The lowest BCUT2D eigenvalue weighted by atomic mass is 9.77. The highest BCUT2D eigenvalue weighted by molar-refractivity contribution is 5.81. The molecule has 0 amide bonds. The molecule has 3 fully saturated rings. The fourth-order valence-electron chi connectivity index (χ4n) is 6.24. The smallest absolute Gasteiger partial charge is 0.306 e. The van der Waals surface area contributed by atoms with Crippen molar-refractivity contribution in [3.63, 3.8) is 0 Å². The number of aliphatic carboxylic acids is 1. The van der Waals surface area contributed by atoms with Crippen molar-refractivity contribution in [2.24, 2.45) is 23.7 Å². The first-order valence-electron chi connectivity index (χ1n) is 12.2. The van der Waals surface area contributed by atoms with E-state index in [4.69, 9.17) is 9.72 Å². The summed E-state index contributed by atoms with van der Waals surface area (Å²) in [5.41, 5.74) is 0.971. The van der Waals surface area contributed by atoms with Crippen LogP contribution in [0, 0.1) is 23.7 Å². The summed E-state index contributed by atoms with van der Waals surface area (Å²) in [5, 5.41) is 14.2. The molecule has 1 aromatic carbocycles. The van der Waals surface area contributed by atoms with E-state index in [9.17, 15) is 9.90 Å². The number of anilines is 1. The maximum Gasteiger partial charge on any atom is 0.306 e. The molecule has 5 nitrogen and oxygen atoms in total. The molecule has 2 unspecified atom stereocenters. The molecule has 166 valence electrons. The van der Waals surface area contributed by atoms with E-state index in [0.717, 1.165) is 66.9 Å². The Morgan fingerprint density at radius 3 is 2.48 bits per heavy atom. The summed E-state index contributed by atoms with van der Waals surface area (Å²) in [7, 11) is 0. The van der Waals surface area contributed by atoms with E-state index in [2.05, 4.69) is 36.5 Å². The van der Waals surface area contributed by atoms with Crippen molar-refractivity contribution in [2.75, 3.05) is 5.32 Å². The van der Waals surface area contributed by atoms with Crippen molar-refractivity contribution in [1.82, 2.24) is 4.98 Å². The molecular weight excluding hydrogens is 388 g/mol. The highest BCUT2D eigenvalue weighted by atomic mass is 16.5. The molecule has 5 heteroatoms. The zero-order valence-corrected chi connectivity index (χ0v) is 18.4. The number of rotatable bonds is 6. The minimum absolute atomic E-state index is 0.171. The number of ether oxygens (including phenoxy) is 1. The molecular formula is C26H34N2O3. The first kappa shape index (κ1) is 20.6. The van der Waals surface area contributed by atoms with Gasteiger partial charge in [0, 0.05) is 11.4 Å². The second-order valence-corrected chi connectivity index (χ2v) is 9.99. The Morgan fingerprint density at radius 1 is 1.06 bits per heavy atom. The van der Waals surface area contributed by atoms with Gasteiger partial charge >= 0.3 is 5.97 Å². The number of carbonyl (C=O) groups is 1. The maximum atomic E-state index is 11.4. The number of pyridine rings is 1. The molecule has 0 radical (unpaired) electrons. The number of fused-ring (bicyclic) bond motifs is 3. The number of benzene rings is 1. The molecule has 0 spiro atoms. The van der Waals surface area contributed by atoms with E-state index < -0.39 is 5.97 Å². The van der Waals surface area contributed by atoms with Crippen molar-refractivity contribution < 1.29 is 14.6 Å². The number of carboxylic acids is 1. The number of hydrogen-bond donors (Lipinski definition) is 2. The molecule has 31 heavy (non-hydrogen) atoms. The minimum Gasteiger partial charge on any atom is -0.490 e. The Labute approximate surface area is 184 Å². The maximum absolute atomic E-state index is 11.4. The van der Waals surface area contributed by atoms with Crippen LogP contribution in [0.1, 0.15) is 64.7 Å². The third kappa shape index (κ3) is 4.37. The summed E-state index contributed by atoms with van der Waals surface area (Å²) < 4.78 is 6.28. The van der Waals surface area contributed by atoms with Crippen LogP contribution in [0.4, 0.5) is 5.82 Å². The molecule has 0 aliphatic heterocycles. The normalized spacial score (nSPS) is 32.7. The third-order valence-electron chi connectivity index (χ3n) is 8.10. The highest BCUT2D eigenvalue weighted by Gasteiger charge is 2.44. The van der Waals surface area contributed by atoms with Crippen LogP contribution in [0.2, 0.25) is 0 Å². The molecule has 0 saturated heterocycles. The van der Waals surface area contributed by atoms with Gasteiger partial charge in [-0.1, -0.05) is 13.3 Å². The van der Waals surface area contributed by atoms with E-state index in [1.807, 2.05) is 6.07 Å². The fourth-order valence-corrected chi connectivity index (χ4v) is 6.24. The van der Waals surface area contributed by atoms with Crippen molar-refractivity contribution >= 4 is 22.7 Å². The van der Waals surface area contributed by atoms with Crippen LogP contribution in [0.15, 0.2) is 30.3 Å². The Morgan fingerprint density at radius 2 is 1.81 bits per heavy atom. The van der Waals surface area contributed by atoms with Gasteiger partial charge in [-0.2, -0.15) is 0 Å². The lowest BCUT2D eigenvalue weighted by molar-refractivity contribution is -0.143. The Hall–Kier alpha value is -2.30. The predicted octanol–water partition coefficient (Wildman–Crippen LogP) is 5.88. The van der Waals surface area contributed by atoms with Gasteiger partial charge in [0.15, 0.2) is 0 Å². The Kier molecular flexibility index (Phi) is 5.77. The summed E-state index contributed by atoms with van der Waals surface area (Å²) in [6.07, 6.45) is 10.3. The monoisotopic (exact) mass is 422 g/mol. The molecule has 1 heterocycles. The average molecular weight is 423 g/mol. The van der Waals surface area contributed by atoms with Gasteiger partial charge in [0.2, 0.25) is 0 Å². The van der Waals surface area contributed by atoms with Crippen molar-refractivity contribution in [2.45, 2.75) is 76.9 Å². The fraction of sp³-hybridized carbons (Fsp3) is 0.615. The summed E-state index contributed by atoms with van der Waals surface area (Å²) in [4.78, 5) is 16.3. The third-order valence-corrected chi connectivity index (χ3v) is 8.10. The SMILES string of the molecule is CCC1CCC(Oc2ccc3nc(NC4C5CCC4CC(C(=O)O)C5)ccc3c2)CC1. The first-order valence-corrected chi connectivity index (χ1v) is 12.2. The van der Waals surface area contributed by atoms with E-state index in [0.29, 0.717) is 24.0 Å². The van der Waals surface area contributed by atoms with Gasteiger partial charge < -0.3 is 15.2 Å². The molecule has 2 bridgehead atoms. The number of aromatic nitrogens is 1. The predicted molar refractivity (Wildman–Crippen MR) is 122 cm³/mol. The topological polar surface area (TPSA) is 71.5 Å². The van der Waals surface area contributed by atoms with Crippen LogP contribution in [-0.2, 0) is 4.79 Å². The van der Waals surface area contributed by atoms with Gasteiger partial charge in [0.05, 0.1) is 17.5 Å². The molecule has 2 N–H and O–H groups in total. The zero-order valence-electron chi connectivity index (χ0n) is 18.4. The summed E-state index contributed by atoms with van der Waals surface area (Å²) >= 11 is 0. The van der Waals surface area contributed by atoms with Crippen molar-refractivity contribution in [1.29, 1.82) is 0 Å². The van der Waals surface area contributed by atoms with E-state index in [1.165, 1.54) is 19.3 Å². The van der Waals surface area contributed by atoms with Gasteiger partial charge in [0.25, 0.3) is 0 Å². The van der Waals surface area contributed by atoms with Gasteiger partial charge in [-0.15, -0.1) is 0 Å². The average Bonchev–Trinajstić information content (AvgIpc) is 3.00. The van der Waals surface area contributed by atoms with Crippen LogP contribution >= 0.6 is 0 Å². The van der Waals surface area contributed by atoms with Crippen molar-refractivity contribution in [3.8, 4) is 5.75 Å². The minimum atomic E-state index is -0.629. The first-order chi connectivity index (χ1) is 15.1. The van der Waals surface area contributed by atoms with Crippen LogP contribution in [0.25, 0.3) is 10.9 Å². The van der Waals surface area contributed by atoms with Gasteiger partial charge in [-0.05, 0) is 99.5 Å². The molecule has 3 aliphatic rings. The highest BCUT2D eigenvalue weighted by Crippen LogP contribution is 2.46. The molecule has 2 aromatic rings. The molecule has 3 saturated carbocycles. The molecule has 2 atom stereocenters. The summed E-state index contributed by atoms with van der Waals surface area (Å²) in [6, 6.07) is 10.7. The molecule has 5 rings (SSSR count). The van der Waals surface area contributed by atoms with E-state index in [-0.39, 0.29) is 5.92 Å². The molecule has 1 aromatic heterocycles. The standard InChI is InChI=1S/C26H34N2O3/c1-2-16-3-8-21(9-4-16)31-22-10-11-23-17(15-22)7-12-24(27-23)28-25-18-5-6-19(25)14-20(13-18)26(29)30/h7,10-12,15-16,18-21,25H,2-6,8-9,13-14H2,1H3,(H,27,28)(H,29,30). The van der Waals surface area contributed by atoms with Gasteiger partial charge in [-0.25, -0.2) is 4.98 Å². The second kappa shape index (κ2) is 8.68. The van der Waals surface area contributed by atoms with Crippen LogP contribution < -0.4 is 10.1 Å².